The Balaban J connectivity index is 1.77. The number of rotatable bonds is 9. The Morgan fingerprint density at radius 3 is 2.67 bits per heavy atom. The number of halogens is 1. The Kier molecular flexibility index (Phi) is 7.50. The minimum absolute atomic E-state index is 0.0776. The molecule has 1 aromatic heterocycles. The van der Waals surface area contributed by atoms with Crippen LogP contribution >= 0.6 is 0 Å². The summed E-state index contributed by atoms with van der Waals surface area (Å²) in [7, 11) is 1.58. The summed E-state index contributed by atoms with van der Waals surface area (Å²) >= 11 is 0. The van der Waals surface area contributed by atoms with E-state index < -0.39 is 5.82 Å². The van der Waals surface area contributed by atoms with Gasteiger partial charge in [-0.1, -0.05) is 24.6 Å². The third kappa shape index (κ3) is 4.84. The van der Waals surface area contributed by atoms with Gasteiger partial charge >= 0.3 is 0 Å². The summed E-state index contributed by atoms with van der Waals surface area (Å²) in [6.45, 7) is 8.52. The fourth-order valence-corrected chi connectivity index (χ4v) is 4.61. The summed E-state index contributed by atoms with van der Waals surface area (Å²) in [4.78, 5) is 0. The van der Waals surface area contributed by atoms with Gasteiger partial charge in [0, 0.05) is 24.2 Å². The highest BCUT2D eigenvalue weighted by Crippen LogP contribution is 2.42. The molecule has 2 heterocycles. The monoisotopic (exact) mass is 456 g/mol. The molecule has 3 aromatic rings. The molecule has 0 aliphatic carbocycles. The highest BCUT2D eigenvalue weighted by Gasteiger charge is 2.27. The van der Waals surface area contributed by atoms with E-state index in [0.29, 0.717) is 30.1 Å². The molecule has 0 amide bonds. The Labute approximate surface area is 194 Å². The van der Waals surface area contributed by atoms with Gasteiger partial charge in [0.2, 0.25) is 0 Å². The summed E-state index contributed by atoms with van der Waals surface area (Å²) in [5.41, 5.74) is 3.16. The van der Waals surface area contributed by atoms with Gasteiger partial charge in [-0.25, -0.2) is 4.39 Å². The fraction of sp³-hybridized carbons (Fsp3) is 0.500. The standard InChI is InChI=1S/C26H33FN2O4/c1-5-7-19-24-23(33-29-25(24)17-10-12-28-13-11-17)15-20(27)26(19)32-21-9-8-18(14-22(21)30-4)16(3)31-6-2/h8-9,14-17,28H,5-7,10-13H2,1-4H3. The summed E-state index contributed by atoms with van der Waals surface area (Å²) in [6, 6.07) is 7.00. The highest BCUT2D eigenvalue weighted by atomic mass is 19.1. The van der Waals surface area contributed by atoms with Gasteiger partial charge in [0.05, 0.1) is 24.3 Å². The van der Waals surface area contributed by atoms with E-state index in [4.69, 9.17) is 18.7 Å². The largest absolute Gasteiger partial charge is 0.493 e. The predicted molar refractivity (Wildman–Crippen MR) is 126 cm³/mol. The first kappa shape index (κ1) is 23.5. The maximum absolute atomic E-state index is 15.3. The number of nitrogens with zero attached hydrogens (tertiary/aromatic N) is 1. The van der Waals surface area contributed by atoms with Crippen LogP contribution in [0.5, 0.6) is 17.2 Å². The zero-order valence-electron chi connectivity index (χ0n) is 19.9. The number of fused-ring (bicyclic) bond motifs is 1. The number of benzene rings is 2. The van der Waals surface area contributed by atoms with Gasteiger partial charge in [-0.3, -0.25) is 0 Å². The molecule has 0 radical (unpaired) electrons. The number of aromatic nitrogens is 1. The number of ether oxygens (including phenoxy) is 3. The summed E-state index contributed by atoms with van der Waals surface area (Å²) in [5, 5.41) is 8.64. The van der Waals surface area contributed by atoms with Crippen LogP contribution in [0.15, 0.2) is 28.8 Å². The third-order valence-electron chi connectivity index (χ3n) is 6.31. The Bertz CT molecular complexity index is 1090. The Morgan fingerprint density at radius 1 is 1.18 bits per heavy atom. The van der Waals surface area contributed by atoms with E-state index in [9.17, 15) is 0 Å². The van der Waals surface area contributed by atoms with Crippen molar-refractivity contribution >= 4 is 11.0 Å². The molecule has 33 heavy (non-hydrogen) atoms. The molecule has 7 heteroatoms. The van der Waals surface area contributed by atoms with Gasteiger partial charge in [0.25, 0.3) is 0 Å². The highest BCUT2D eigenvalue weighted by molar-refractivity contribution is 5.86. The molecule has 178 valence electrons. The van der Waals surface area contributed by atoms with Crippen LogP contribution in [0, 0.1) is 5.82 Å². The van der Waals surface area contributed by atoms with Gasteiger partial charge < -0.3 is 24.1 Å². The van der Waals surface area contributed by atoms with Gasteiger partial charge in [-0.05, 0) is 63.9 Å². The smallest absolute Gasteiger partial charge is 0.170 e. The molecule has 1 N–H and O–H groups in total. The van der Waals surface area contributed by atoms with Crippen molar-refractivity contribution in [3.05, 3.63) is 46.9 Å². The first-order valence-electron chi connectivity index (χ1n) is 11.9. The SMILES string of the molecule is CCCc1c(Oc2ccc(C(C)OCC)cc2OC)c(F)cc2onc(C3CCNCC3)c12. The lowest BCUT2D eigenvalue weighted by Gasteiger charge is -2.22. The molecule has 1 aliphatic rings. The van der Waals surface area contributed by atoms with Crippen molar-refractivity contribution in [3.8, 4) is 17.2 Å². The van der Waals surface area contributed by atoms with Crippen LogP contribution in [0.4, 0.5) is 4.39 Å². The predicted octanol–water partition coefficient (Wildman–Crippen LogP) is 6.28. The lowest BCUT2D eigenvalue weighted by Crippen LogP contribution is -2.26. The topological polar surface area (TPSA) is 65.8 Å². The van der Waals surface area contributed by atoms with E-state index in [2.05, 4.69) is 17.4 Å². The van der Waals surface area contributed by atoms with Gasteiger partial charge in [-0.2, -0.15) is 0 Å². The van der Waals surface area contributed by atoms with Crippen molar-refractivity contribution in [2.45, 2.75) is 58.5 Å². The molecule has 0 spiro atoms. The maximum atomic E-state index is 15.3. The maximum Gasteiger partial charge on any atom is 0.170 e. The molecule has 0 saturated carbocycles. The van der Waals surface area contributed by atoms with Crippen LogP contribution < -0.4 is 14.8 Å². The number of methoxy groups -OCH3 is 1. The number of hydrogen-bond donors (Lipinski definition) is 1. The molecule has 0 bridgehead atoms. The molecule has 2 aromatic carbocycles. The van der Waals surface area contributed by atoms with E-state index in [0.717, 1.165) is 54.6 Å². The van der Waals surface area contributed by atoms with E-state index in [1.807, 2.05) is 32.0 Å². The van der Waals surface area contributed by atoms with Crippen molar-refractivity contribution in [2.75, 3.05) is 26.8 Å². The number of hydrogen-bond acceptors (Lipinski definition) is 6. The van der Waals surface area contributed by atoms with Crippen LogP contribution in [-0.4, -0.2) is 32.0 Å². The van der Waals surface area contributed by atoms with Crippen LogP contribution in [-0.2, 0) is 11.2 Å². The average molecular weight is 457 g/mol. The van der Waals surface area contributed by atoms with Gasteiger partial charge in [0.1, 0.15) is 0 Å². The zero-order chi connectivity index (χ0) is 23.4. The molecule has 6 nitrogen and oxygen atoms in total. The molecule has 1 unspecified atom stereocenters. The van der Waals surface area contributed by atoms with E-state index in [-0.39, 0.29) is 17.8 Å². The van der Waals surface area contributed by atoms with Crippen molar-refractivity contribution in [1.82, 2.24) is 10.5 Å². The third-order valence-corrected chi connectivity index (χ3v) is 6.31. The molecule has 1 aliphatic heterocycles. The number of piperidine rings is 1. The number of nitrogens with one attached hydrogen (secondary N) is 1. The Hall–Kier alpha value is -2.64. The van der Waals surface area contributed by atoms with Crippen LogP contribution in [0.1, 0.15) is 68.9 Å². The number of aryl methyl sites for hydroxylation is 1. The molecule has 1 saturated heterocycles. The average Bonchev–Trinajstić information content (AvgIpc) is 3.25. The summed E-state index contributed by atoms with van der Waals surface area (Å²) < 4.78 is 38.4. The zero-order valence-corrected chi connectivity index (χ0v) is 19.9. The van der Waals surface area contributed by atoms with Crippen molar-refractivity contribution in [2.24, 2.45) is 0 Å². The summed E-state index contributed by atoms with van der Waals surface area (Å²) in [5.74, 6) is 1.03. The molecule has 1 atom stereocenters. The van der Waals surface area contributed by atoms with Gasteiger partial charge in [-0.15, -0.1) is 0 Å². The van der Waals surface area contributed by atoms with Crippen LogP contribution in [0.3, 0.4) is 0 Å². The van der Waals surface area contributed by atoms with Gasteiger partial charge in [0.15, 0.2) is 28.6 Å². The summed E-state index contributed by atoms with van der Waals surface area (Å²) in [6.07, 6.45) is 3.38. The Morgan fingerprint density at radius 2 is 1.97 bits per heavy atom. The molecular weight excluding hydrogens is 423 g/mol. The minimum Gasteiger partial charge on any atom is -0.493 e. The van der Waals surface area contributed by atoms with Crippen LogP contribution in [0.2, 0.25) is 0 Å². The second-order valence-electron chi connectivity index (χ2n) is 8.49. The molecule has 1 fully saturated rings. The van der Waals surface area contributed by atoms with E-state index >= 15 is 4.39 Å². The van der Waals surface area contributed by atoms with Crippen molar-refractivity contribution in [3.63, 3.8) is 0 Å². The normalized spacial score (nSPS) is 15.7. The van der Waals surface area contributed by atoms with Crippen molar-refractivity contribution < 1.29 is 23.1 Å². The fourth-order valence-electron chi connectivity index (χ4n) is 4.61. The lowest BCUT2D eigenvalue weighted by atomic mass is 9.90. The first-order valence-corrected chi connectivity index (χ1v) is 11.9. The minimum atomic E-state index is -0.465. The second kappa shape index (κ2) is 10.5. The second-order valence-corrected chi connectivity index (χ2v) is 8.49. The van der Waals surface area contributed by atoms with E-state index in [1.54, 1.807) is 7.11 Å². The van der Waals surface area contributed by atoms with Crippen molar-refractivity contribution in [1.29, 1.82) is 0 Å². The van der Waals surface area contributed by atoms with Crippen LogP contribution in [0.25, 0.3) is 11.0 Å². The molecular formula is C26H33FN2O4. The quantitative estimate of drug-likeness (QED) is 0.408. The molecule has 4 rings (SSSR count). The van der Waals surface area contributed by atoms with E-state index in [1.165, 1.54) is 6.07 Å². The first-order chi connectivity index (χ1) is 16.1. The lowest BCUT2D eigenvalue weighted by molar-refractivity contribution is 0.0762.